The Kier molecular flexibility index (Phi) is 3.75. The van der Waals surface area contributed by atoms with Crippen molar-refractivity contribution < 1.29 is 13.6 Å². The topological polar surface area (TPSA) is 52.9 Å². The van der Waals surface area contributed by atoms with Gasteiger partial charge in [0, 0.05) is 5.69 Å². The normalized spacial score (nSPS) is 9.73. The molecule has 0 fully saturated rings. The molecule has 1 N–H and O–H groups in total. The first-order valence-corrected chi connectivity index (χ1v) is 4.18. The summed E-state index contributed by atoms with van der Waals surface area (Å²) in [7, 11) is 0. The first-order valence-electron chi connectivity index (χ1n) is 4.18. The van der Waals surface area contributed by atoms with Crippen LogP contribution in [0.25, 0.3) is 0 Å². The Bertz CT molecular complexity index is 381. The van der Waals surface area contributed by atoms with Crippen LogP contribution in [0.3, 0.4) is 0 Å². The Balaban J connectivity index is 2.65. The Hall–Kier alpha value is -1.96. The quantitative estimate of drug-likeness (QED) is 0.828. The molecular weight excluding hydrogens is 202 g/mol. The van der Waals surface area contributed by atoms with Crippen molar-refractivity contribution in [3.8, 4) is 6.07 Å². The van der Waals surface area contributed by atoms with E-state index in [-0.39, 0.29) is 6.42 Å². The SMILES string of the molecule is N#CCc1ccc(NC(=O)C(F)F)cc1. The van der Waals surface area contributed by atoms with Gasteiger partial charge < -0.3 is 5.32 Å². The zero-order chi connectivity index (χ0) is 11.3. The van der Waals surface area contributed by atoms with E-state index in [2.05, 4.69) is 0 Å². The molecule has 0 aromatic heterocycles. The highest BCUT2D eigenvalue weighted by Crippen LogP contribution is 2.10. The summed E-state index contributed by atoms with van der Waals surface area (Å²) in [5, 5.41) is 10.4. The van der Waals surface area contributed by atoms with E-state index in [0.717, 1.165) is 5.56 Å². The van der Waals surface area contributed by atoms with Gasteiger partial charge in [0.15, 0.2) is 0 Å². The molecule has 0 unspecified atom stereocenters. The molecule has 0 aliphatic heterocycles. The first kappa shape index (κ1) is 11.1. The molecule has 1 aromatic carbocycles. The zero-order valence-electron chi connectivity index (χ0n) is 7.71. The van der Waals surface area contributed by atoms with Crippen LogP contribution in [0.15, 0.2) is 24.3 Å². The predicted molar refractivity (Wildman–Crippen MR) is 50.4 cm³/mol. The molecule has 0 bridgehead atoms. The lowest BCUT2D eigenvalue weighted by atomic mass is 10.1. The smallest absolute Gasteiger partial charge is 0.315 e. The third kappa shape index (κ3) is 3.35. The molecule has 0 radical (unpaired) electrons. The summed E-state index contributed by atoms with van der Waals surface area (Å²) in [6.07, 6.45) is -2.77. The van der Waals surface area contributed by atoms with Gasteiger partial charge >= 0.3 is 6.43 Å². The second-order valence-electron chi connectivity index (χ2n) is 2.82. The van der Waals surface area contributed by atoms with Crippen LogP contribution < -0.4 is 5.32 Å². The van der Waals surface area contributed by atoms with Crippen molar-refractivity contribution in [1.29, 1.82) is 5.26 Å². The van der Waals surface area contributed by atoms with Crippen LogP contribution in [-0.2, 0) is 11.2 Å². The van der Waals surface area contributed by atoms with E-state index in [1.807, 2.05) is 11.4 Å². The highest BCUT2D eigenvalue weighted by atomic mass is 19.3. The number of amides is 1. The van der Waals surface area contributed by atoms with E-state index >= 15 is 0 Å². The van der Waals surface area contributed by atoms with Crippen LogP contribution in [0.4, 0.5) is 14.5 Å². The van der Waals surface area contributed by atoms with Crippen LogP contribution in [0.5, 0.6) is 0 Å². The average Bonchev–Trinajstić information content (AvgIpc) is 2.21. The summed E-state index contributed by atoms with van der Waals surface area (Å²) in [5.74, 6) is -1.33. The van der Waals surface area contributed by atoms with Crippen LogP contribution in [0.2, 0.25) is 0 Å². The maximum atomic E-state index is 11.9. The number of anilines is 1. The number of benzene rings is 1. The number of hydrogen-bond donors (Lipinski definition) is 1. The Morgan fingerprint density at radius 2 is 2.00 bits per heavy atom. The largest absolute Gasteiger partial charge is 0.321 e. The fourth-order valence-electron chi connectivity index (χ4n) is 0.994. The van der Waals surface area contributed by atoms with Gasteiger partial charge in [0.05, 0.1) is 12.5 Å². The fourth-order valence-corrected chi connectivity index (χ4v) is 0.994. The fraction of sp³-hybridized carbons (Fsp3) is 0.200. The molecule has 1 rings (SSSR count). The van der Waals surface area contributed by atoms with Crippen molar-refractivity contribution >= 4 is 11.6 Å². The van der Waals surface area contributed by atoms with Crippen molar-refractivity contribution in [2.75, 3.05) is 5.32 Å². The molecule has 0 saturated heterocycles. The molecule has 1 aromatic rings. The molecule has 0 spiro atoms. The third-order valence-electron chi connectivity index (χ3n) is 1.70. The number of rotatable bonds is 3. The number of nitrogens with zero attached hydrogens (tertiary/aromatic N) is 1. The summed E-state index contributed by atoms with van der Waals surface area (Å²) in [5.41, 5.74) is 1.06. The van der Waals surface area contributed by atoms with E-state index in [1.54, 1.807) is 12.1 Å². The standard InChI is InChI=1S/C10H8F2N2O/c11-9(12)10(15)14-8-3-1-7(2-4-8)5-6-13/h1-4,9H,5H2,(H,14,15). The van der Waals surface area contributed by atoms with Crippen molar-refractivity contribution in [3.63, 3.8) is 0 Å². The van der Waals surface area contributed by atoms with Crippen molar-refractivity contribution in [2.24, 2.45) is 0 Å². The van der Waals surface area contributed by atoms with Gasteiger partial charge in [-0.2, -0.15) is 14.0 Å². The summed E-state index contributed by atoms with van der Waals surface area (Å²) in [4.78, 5) is 10.6. The number of nitriles is 1. The molecule has 0 atom stereocenters. The van der Waals surface area contributed by atoms with Gasteiger partial charge in [-0.3, -0.25) is 4.79 Å². The summed E-state index contributed by atoms with van der Waals surface area (Å²) in [6.45, 7) is 0. The van der Waals surface area contributed by atoms with Gasteiger partial charge in [0.2, 0.25) is 0 Å². The number of halogens is 2. The van der Waals surface area contributed by atoms with E-state index < -0.39 is 12.3 Å². The molecule has 0 aliphatic rings. The highest BCUT2D eigenvalue weighted by molar-refractivity contribution is 5.92. The average molecular weight is 210 g/mol. The lowest BCUT2D eigenvalue weighted by molar-refractivity contribution is -0.126. The molecule has 0 saturated carbocycles. The minimum atomic E-state index is -3.02. The predicted octanol–water partition coefficient (Wildman–Crippen LogP) is 1.96. The van der Waals surface area contributed by atoms with Crippen molar-refractivity contribution in [1.82, 2.24) is 0 Å². The number of nitrogens with one attached hydrogen (secondary N) is 1. The van der Waals surface area contributed by atoms with Crippen molar-refractivity contribution in [3.05, 3.63) is 29.8 Å². The molecule has 0 heterocycles. The van der Waals surface area contributed by atoms with Crippen LogP contribution >= 0.6 is 0 Å². The minimum Gasteiger partial charge on any atom is -0.321 e. The second kappa shape index (κ2) is 5.05. The second-order valence-corrected chi connectivity index (χ2v) is 2.82. The monoisotopic (exact) mass is 210 g/mol. The van der Waals surface area contributed by atoms with Crippen LogP contribution in [0, 0.1) is 11.3 Å². The minimum absolute atomic E-state index is 0.253. The van der Waals surface area contributed by atoms with Gasteiger partial charge in [-0.25, -0.2) is 0 Å². The van der Waals surface area contributed by atoms with Gasteiger partial charge in [-0.05, 0) is 17.7 Å². The summed E-state index contributed by atoms with van der Waals surface area (Å²) >= 11 is 0. The molecular formula is C10H8F2N2O. The number of alkyl halides is 2. The van der Waals surface area contributed by atoms with Gasteiger partial charge in [0.1, 0.15) is 0 Å². The maximum absolute atomic E-state index is 11.9. The van der Waals surface area contributed by atoms with Gasteiger partial charge in [-0.15, -0.1) is 0 Å². The third-order valence-corrected chi connectivity index (χ3v) is 1.70. The Morgan fingerprint density at radius 1 is 1.40 bits per heavy atom. The molecule has 0 aliphatic carbocycles. The molecule has 1 amide bonds. The molecule has 5 heteroatoms. The van der Waals surface area contributed by atoms with E-state index in [9.17, 15) is 13.6 Å². The zero-order valence-corrected chi connectivity index (χ0v) is 7.71. The Labute approximate surface area is 85.3 Å². The van der Waals surface area contributed by atoms with Crippen LogP contribution in [-0.4, -0.2) is 12.3 Å². The lowest BCUT2D eigenvalue weighted by Gasteiger charge is -2.04. The van der Waals surface area contributed by atoms with Gasteiger partial charge in [-0.1, -0.05) is 12.1 Å². The summed E-state index contributed by atoms with van der Waals surface area (Å²) < 4.78 is 23.7. The lowest BCUT2D eigenvalue weighted by Crippen LogP contribution is -2.19. The molecule has 15 heavy (non-hydrogen) atoms. The van der Waals surface area contributed by atoms with Crippen molar-refractivity contribution in [2.45, 2.75) is 12.8 Å². The number of hydrogen-bond acceptors (Lipinski definition) is 2. The number of carbonyl (C=O) groups is 1. The van der Waals surface area contributed by atoms with Crippen LogP contribution in [0.1, 0.15) is 5.56 Å². The van der Waals surface area contributed by atoms with E-state index in [0.29, 0.717) is 5.69 Å². The summed E-state index contributed by atoms with van der Waals surface area (Å²) in [6, 6.07) is 8.12. The van der Waals surface area contributed by atoms with E-state index in [1.165, 1.54) is 12.1 Å². The maximum Gasteiger partial charge on any atom is 0.315 e. The highest BCUT2D eigenvalue weighted by Gasteiger charge is 2.14. The van der Waals surface area contributed by atoms with E-state index in [4.69, 9.17) is 5.26 Å². The number of carbonyl (C=O) groups excluding carboxylic acids is 1. The first-order chi connectivity index (χ1) is 7.13. The Morgan fingerprint density at radius 3 is 2.47 bits per heavy atom. The molecule has 78 valence electrons. The van der Waals surface area contributed by atoms with Gasteiger partial charge in [0.25, 0.3) is 5.91 Å². The molecule has 3 nitrogen and oxygen atoms in total.